The van der Waals surface area contributed by atoms with Gasteiger partial charge >= 0.3 is 0 Å². The fourth-order valence-electron chi connectivity index (χ4n) is 2.38. The topological polar surface area (TPSA) is 115 Å². The number of carbonyl (C=O) groups excluding carboxylic acids is 1. The van der Waals surface area contributed by atoms with Crippen LogP contribution in [0, 0.1) is 19.3 Å². The molecule has 2 aromatic rings. The molecule has 4 N–H and O–H groups in total. The maximum absolute atomic E-state index is 12.2. The minimum atomic E-state index is -0.326. The second-order valence-electron chi connectivity index (χ2n) is 9.02. The van der Waals surface area contributed by atoms with Crippen LogP contribution in [0.2, 0.25) is 0 Å². The van der Waals surface area contributed by atoms with Crippen molar-refractivity contribution in [1.82, 2.24) is 19.9 Å². The van der Waals surface area contributed by atoms with Crippen LogP contribution in [0.3, 0.4) is 0 Å². The molecule has 176 valence electrons. The molecule has 0 aromatic carbocycles. The first-order valence-corrected chi connectivity index (χ1v) is 10.7. The molecular formula is C24H38N6O2. The van der Waals surface area contributed by atoms with Crippen molar-refractivity contribution in [1.29, 1.82) is 0 Å². The number of pyridine rings is 1. The van der Waals surface area contributed by atoms with Gasteiger partial charge in [0.25, 0.3) is 5.56 Å². The third kappa shape index (κ3) is 9.76. The van der Waals surface area contributed by atoms with Crippen molar-refractivity contribution >= 4 is 17.5 Å². The lowest BCUT2D eigenvalue weighted by molar-refractivity contribution is -0.121. The normalized spacial score (nSPS) is 13.0. The zero-order chi connectivity index (χ0) is 24.5. The molecule has 1 fully saturated rings. The summed E-state index contributed by atoms with van der Waals surface area (Å²) in [5.41, 5.74) is 9.45. The highest BCUT2D eigenvalue weighted by Crippen LogP contribution is 2.43. The van der Waals surface area contributed by atoms with E-state index < -0.39 is 0 Å². The summed E-state index contributed by atoms with van der Waals surface area (Å²) in [5, 5.41) is 5.49. The van der Waals surface area contributed by atoms with Crippen LogP contribution in [-0.4, -0.2) is 27.5 Å². The molecule has 0 bridgehead atoms. The Balaban J connectivity index is 0.000000473. The maximum atomic E-state index is 12.2. The molecule has 1 aliphatic rings. The van der Waals surface area contributed by atoms with Crippen LogP contribution in [0.5, 0.6) is 0 Å². The number of allylic oxidation sites excluding steroid dienone is 1. The molecule has 0 unspecified atom stereocenters. The molecule has 0 spiro atoms. The molecule has 1 aliphatic carbocycles. The van der Waals surface area contributed by atoms with E-state index in [4.69, 9.17) is 5.73 Å². The third-order valence-electron chi connectivity index (χ3n) is 4.74. The van der Waals surface area contributed by atoms with Crippen molar-refractivity contribution in [2.24, 2.45) is 5.41 Å². The molecule has 8 heteroatoms. The van der Waals surface area contributed by atoms with E-state index in [0.717, 1.165) is 16.7 Å². The summed E-state index contributed by atoms with van der Waals surface area (Å²) in [6.45, 7) is 15.9. The lowest BCUT2D eigenvalue weighted by Crippen LogP contribution is -2.34. The number of hydrogen-bond donors (Lipinski definition) is 3. The Bertz CT molecular complexity index is 984. The lowest BCUT2D eigenvalue weighted by atomic mass is 10.2. The first kappa shape index (κ1) is 26.9. The average molecular weight is 443 g/mol. The Morgan fingerprint density at radius 3 is 2.28 bits per heavy atom. The molecule has 1 saturated carbocycles. The summed E-state index contributed by atoms with van der Waals surface area (Å²) < 4.78 is 1.38. The van der Waals surface area contributed by atoms with Crippen molar-refractivity contribution < 1.29 is 4.79 Å². The number of aryl methyl sites for hydroxylation is 2. The highest BCUT2D eigenvalue weighted by atomic mass is 16.2. The number of nitrogens with zero attached hydrogens (tertiary/aromatic N) is 3. The molecule has 0 aliphatic heterocycles. The summed E-state index contributed by atoms with van der Waals surface area (Å²) in [6, 6.07) is 3.51. The number of nitrogen functional groups attached to an aromatic ring is 1. The molecule has 32 heavy (non-hydrogen) atoms. The predicted octanol–water partition coefficient (Wildman–Crippen LogP) is 3.58. The van der Waals surface area contributed by atoms with Gasteiger partial charge in [-0.05, 0) is 57.6 Å². The van der Waals surface area contributed by atoms with Gasteiger partial charge in [0.2, 0.25) is 5.91 Å². The fraction of sp³-hybridized carbons (Fsp3) is 0.500. The summed E-state index contributed by atoms with van der Waals surface area (Å²) in [7, 11) is 1.61. The van der Waals surface area contributed by atoms with Crippen LogP contribution >= 0.6 is 0 Å². The summed E-state index contributed by atoms with van der Waals surface area (Å²) in [6.07, 6.45) is 4.45. The Kier molecular flexibility index (Phi) is 10.1. The predicted molar refractivity (Wildman–Crippen MR) is 132 cm³/mol. The smallest absolute Gasteiger partial charge is 0.293 e. The second-order valence-corrected chi connectivity index (χ2v) is 9.02. The fourth-order valence-corrected chi connectivity index (χ4v) is 2.38. The van der Waals surface area contributed by atoms with E-state index in [2.05, 4.69) is 41.0 Å². The van der Waals surface area contributed by atoms with Crippen LogP contribution in [0.15, 0.2) is 35.3 Å². The highest BCUT2D eigenvalue weighted by molar-refractivity contribution is 5.75. The highest BCUT2D eigenvalue weighted by Gasteiger charge is 2.30. The Labute approximate surface area is 191 Å². The molecule has 0 radical (unpaired) electrons. The number of aromatic nitrogens is 3. The number of anilines is 2. The number of amides is 1. The summed E-state index contributed by atoms with van der Waals surface area (Å²) in [4.78, 5) is 32.4. The van der Waals surface area contributed by atoms with E-state index in [0.29, 0.717) is 18.1 Å². The number of rotatable bonds is 5. The van der Waals surface area contributed by atoms with Gasteiger partial charge in [-0.25, -0.2) is 9.97 Å². The van der Waals surface area contributed by atoms with Crippen molar-refractivity contribution in [3.05, 3.63) is 57.8 Å². The van der Waals surface area contributed by atoms with Gasteiger partial charge in [0.05, 0.1) is 0 Å². The molecule has 8 nitrogen and oxygen atoms in total. The van der Waals surface area contributed by atoms with Gasteiger partial charge in [-0.3, -0.25) is 14.2 Å². The van der Waals surface area contributed by atoms with Gasteiger partial charge in [-0.15, -0.1) is 6.58 Å². The Hall–Kier alpha value is -3.16. The zero-order valence-corrected chi connectivity index (χ0v) is 20.5. The van der Waals surface area contributed by atoms with E-state index >= 15 is 0 Å². The van der Waals surface area contributed by atoms with Crippen molar-refractivity contribution in [3.63, 3.8) is 0 Å². The van der Waals surface area contributed by atoms with Crippen molar-refractivity contribution in [2.75, 3.05) is 18.1 Å². The quantitative estimate of drug-likeness (QED) is 0.610. The van der Waals surface area contributed by atoms with E-state index in [1.165, 1.54) is 23.0 Å². The summed E-state index contributed by atoms with van der Waals surface area (Å²) in [5.74, 6) is 0.387. The standard InChI is InChI=1S/C15H20N6O2.C5H10.C4H8/c1-9-6-19-14(17-3)15(23)21(9)8-13(22)18-7-11-4-5-12(16)20-10(11)2;1-5(2)3-4-5;1-4(2)3/h4-6H,7-8H2,1-3H3,(H2,16,20)(H,17,19)(H,18,22);3-4H2,1-2H3;1H2,2-3H3. The van der Waals surface area contributed by atoms with Gasteiger partial charge in [-0.2, -0.15) is 0 Å². The maximum Gasteiger partial charge on any atom is 0.293 e. The van der Waals surface area contributed by atoms with Gasteiger partial charge in [-0.1, -0.05) is 25.5 Å². The molecular weight excluding hydrogens is 404 g/mol. The zero-order valence-electron chi connectivity index (χ0n) is 20.5. The van der Waals surface area contributed by atoms with Gasteiger partial charge in [0.15, 0.2) is 5.82 Å². The lowest BCUT2D eigenvalue weighted by Gasteiger charge is -2.12. The molecule has 2 aromatic heterocycles. The van der Waals surface area contributed by atoms with Crippen LogP contribution in [0.4, 0.5) is 11.6 Å². The minimum absolute atomic E-state index is 0.0662. The molecule has 1 amide bonds. The minimum Gasteiger partial charge on any atom is -0.384 e. The molecule has 0 atom stereocenters. The van der Waals surface area contributed by atoms with E-state index in [1.54, 1.807) is 26.2 Å². The van der Waals surface area contributed by atoms with Crippen LogP contribution in [0.25, 0.3) is 0 Å². The summed E-state index contributed by atoms with van der Waals surface area (Å²) >= 11 is 0. The Morgan fingerprint density at radius 2 is 1.81 bits per heavy atom. The first-order chi connectivity index (χ1) is 14.9. The number of carbonyl (C=O) groups is 1. The second kappa shape index (κ2) is 12.0. The van der Waals surface area contributed by atoms with E-state index in [-0.39, 0.29) is 23.8 Å². The first-order valence-electron chi connectivity index (χ1n) is 10.7. The van der Waals surface area contributed by atoms with Crippen molar-refractivity contribution in [3.8, 4) is 0 Å². The van der Waals surface area contributed by atoms with Gasteiger partial charge < -0.3 is 16.4 Å². The van der Waals surface area contributed by atoms with Gasteiger partial charge in [0, 0.05) is 31.2 Å². The number of nitrogens with two attached hydrogens (primary N) is 1. The molecule has 3 rings (SSSR count). The average Bonchev–Trinajstić information content (AvgIpc) is 3.39. The molecule has 0 saturated heterocycles. The van der Waals surface area contributed by atoms with Crippen LogP contribution < -0.4 is 21.9 Å². The third-order valence-corrected chi connectivity index (χ3v) is 4.74. The monoisotopic (exact) mass is 442 g/mol. The largest absolute Gasteiger partial charge is 0.384 e. The van der Waals surface area contributed by atoms with E-state index in [9.17, 15) is 9.59 Å². The number of hydrogen-bond acceptors (Lipinski definition) is 6. The van der Waals surface area contributed by atoms with Crippen LogP contribution in [-0.2, 0) is 17.9 Å². The SMILES string of the molecule is C=C(C)C.CC1(C)CC1.CNc1ncc(C)n(CC(=O)NCc2ccc(N)nc2C)c1=O. The van der Waals surface area contributed by atoms with E-state index in [1.807, 2.05) is 26.8 Å². The van der Waals surface area contributed by atoms with Gasteiger partial charge in [0.1, 0.15) is 12.4 Å². The molecule has 2 heterocycles. The number of nitrogens with one attached hydrogen (secondary N) is 2. The Morgan fingerprint density at radius 1 is 1.25 bits per heavy atom. The van der Waals surface area contributed by atoms with Crippen LogP contribution in [0.1, 0.15) is 57.5 Å². The van der Waals surface area contributed by atoms with Crippen molar-refractivity contribution in [2.45, 2.75) is 67.5 Å².